The fourth-order valence-electron chi connectivity index (χ4n) is 3.51. The Labute approximate surface area is 116 Å². The second kappa shape index (κ2) is 5.80. The van der Waals surface area contributed by atoms with Crippen LogP contribution in [0.15, 0.2) is 0 Å². The Hall–Kier alpha value is -0.610. The molecule has 3 aliphatic rings. The van der Waals surface area contributed by atoms with Gasteiger partial charge in [0.25, 0.3) is 0 Å². The molecule has 2 saturated heterocycles. The van der Waals surface area contributed by atoms with Crippen LogP contribution in [0.25, 0.3) is 0 Å². The van der Waals surface area contributed by atoms with Crippen LogP contribution in [-0.4, -0.2) is 60.5 Å². The summed E-state index contributed by atoms with van der Waals surface area (Å²) in [4.78, 5) is 17.0. The third-order valence-electron chi connectivity index (χ3n) is 4.91. The smallest absolute Gasteiger partial charge is 0.236 e. The van der Waals surface area contributed by atoms with E-state index in [4.69, 9.17) is 0 Å². The lowest BCUT2D eigenvalue weighted by atomic mass is 9.97. The maximum absolute atomic E-state index is 12.3. The van der Waals surface area contributed by atoms with E-state index in [9.17, 15) is 4.79 Å². The minimum Gasteiger partial charge on any atom is -0.336 e. The van der Waals surface area contributed by atoms with Crippen molar-refractivity contribution in [1.29, 1.82) is 0 Å². The van der Waals surface area contributed by atoms with Crippen LogP contribution in [0.1, 0.15) is 39.0 Å². The molecular weight excluding hydrogens is 238 g/mol. The molecule has 0 spiro atoms. The van der Waals surface area contributed by atoms with E-state index in [2.05, 4.69) is 22.0 Å². The van der Waals surface area contributed by atoms with E-state index in [0.717, 1.165) is 25.6 Å². The average Bonchev–Trinajstić information content (AvgIpc) is 3.22. The van der Waals surface area contributed by atoms with Crippen LogP contribution in [0.4, 0.5) is 0 Å². The number of nitrogens with zero attached hydrogens (tertiary/aromatic N) is 2. The Kier molecular flexibility index (Phi) is 4.08. The molecule has 1 amide bonds. The van der Waals surface area contributed by atoms with Gasteiger partial charge in [0.1, 0.15) is 0 Å². The number of piperidine rings is 1. The number of carbonyl (C=O) groups is 1. The van der Waals surface area contributed by atoms with Crippen molar-refractivity contribution in [1.82, 2.24) is 15.1 Å². The van der Waals surface area contributed by atoms with Gasteiger partial charge in [-0.05, 0) is 51.6 Å². The van der Waals surface area contributed by atoms with Crippen LogP contribution >= 0.6 is 0 Å². The summed E-state index contributed by atoms with van der Waals surface area (Å²) in [6.45, 7) is 7.02. The van der Waals surface area contributed by atoms with Gasteiger partial charge in [0.05, 0.1) is 6.54 Å². The zero-order chi connectivity index (χ0) is 13.2. The molecule has 2 heterocycles. The van der Waals surface area contributed by atoms with Gasteiger partial charge in [-0.25, -0.2) is 0 Å². The highest BCUT2D eigenvalue weighted by Gasteiger charge is 2.34. The molecule has 0 bridgehead atoms. The molecule has 2 unspecified atom stereocenters. The minimum absolute atomic E-state index is 0.304. The highest BCUT2D eigenvalue weighted by Crippen LogP contribution is 2.27. The van der Waals surface area contributed by atoms with Gasteiger partial charge in [-0.1, -0.05) is 6.42 Å². The summed E-state index contributed by atoms with van der Waals surface area (Å²) in [5, 5.41) is 3.33. The SMILES string of the molecule is CC1CN2CCCCC2CN1C(=O)CNCC1CC1. The van der Waals surface area contributed by atoms with E-state index in [1.165, 1.54) is 38.6 Å². The van der Waals surface area contributed by atoms with Crippen molar-refractivity contribution in [3.8, 4) is 0 Å². The number of amides is 1. The molecule has 2 aliphatic heterocycles. The number of hydrogen-bond acceptors (Lipinski definition) is 3. The monoisotopic (exact) mass is 265 g/mol. The molecule has 0 aromatic carbocycles. The molecule has 3 fully saturated rings. The Balaban J connectivity index is 1.49. The third-order valence-corrected chi connectivity index (χ3v) is 4.91. The fourth-order valence-corrected chi connectivity index (χ4v) is 3.51. The molecule has 4 nitrogen and oxygen atoms in total. The number of hydrogen-bond donors (Lipinski definition) is 1. The summed E-state index contributed by atoms with van der Waals surface area (Å²) < 4.78 is 0. The maximum atomic E-state index is 12.3. The van der Waals surface area contributed by atoms with E-state index in [1.54, 1.807) is 0 Å². The summed E-state index contributed by atoms with van der Waals surface area (Å²) in [6, 6.07) is 1.00. The second-order valence-corrected chi connectivity index (χ2v) is 6.61. The number of nitrogens with one attached hydrogen (secondary N) is 1. The predicted molar refractivity (Wildman–Crippen MR) is 76.0 cm³/mol. The molecule has 0 aromatic rings. The molecule has 19 heavy (non-hydrogen) atoms. The molecule has 4 heteroatoms. The van der Waals surface area contributed by atoms with E-state index < -0.39 is 0 Å². The fraction of sp³-hybridized carbons (Fsp3) is 0.933. The van der Waals surface area contributed by atoms with Crippen LogP contribution in [0, 0.1) is 5.92 Å². The zero-order valence-electron chi connectivity index (χ0n) is 12.1. The molecule has 108 valence electrons. The van der Waals surface area contributed by atoms with Gasteiger partial charge < -0.3 is 10.2 Å². The Morgan fingerprint density at radius 3 is 2.84 bits per heavy atom. The van der Waals surface area contributed by atoms with Crippen LogP contribution in [0.2, 0.25) is 0 Å². The van der Waals surface area contributed by atoms with Crippen molar-refractivity contribution >= 4 is 5.91 Å². The van der Waals surface area contributed by atoms with Crippen molar-refractivity contribution in [3.63, 3.8) is 0 Å². The molecule has 0 aromatic heterocycles. The Bertz CT molecular complexity index is 329. The summed E-state index contributed by atoms with van der Waals surface area (Å²) in [6.07, 6.45) is 6.63. The quantitative estimate of drug-likeness (QED) is 0.826. The molecule has 0 radical (unpaired) electrons. The van der Waals surface area contributed by atoms with Gasteiger partial charge >= 0.3 is 0 Å². The van der Waals surface area contributed by atoms with Crippen LogP contribution in [-0.2, 0) is 4.79 Å². The lowest BCUT2D eigenvalue weighted by Crippen LogP contribution is -2.61. The van der Waals surface area contributed by atoms with Crippen molar-refractivity contribution in [2.24, 2.45) is 5.92 Å². The maximum Gasteiger partial charge on any atom is 0.236 e. The third kappa shape index (κ3) is 3.29. The minimum atomic E-state index is 0.304. The Morgan fingerprint density at radius 1 is 1.21 bits per heavy atom. The highest BCUT2D eigenvalue weighted by atomic mass is 16.2. The van der Waals surface area contributed by atoms with Crippen LogP contribution in [0.3, 0.4) is 0 Å². The molecule has 1 aliphatic carbocycles. The van der Waals surface area contributed by atoms with Crippen molar-refractivity contribution in [2.75, 3.05) is 32.7 Å². The van der Waals surface area contributed by atoms with Crippen molar-refractivity contribution in [3.05, 3.63) is 0 Å². The summed E-state index contributed by atoms with van der Waals surface area (Å²) in [7, 11) is 0. The first-order chi connectivity index (χ1) is 9.24. The first kappa shape index (κ1) is 13.4. The second-order valence-electron chi connectivity index (χ2n) is 6.61. The Morgan fingerprint density at radius 2 is 2.05 bits per heavy atom. The van der Waals surface area contributed by atoms with Gasteiger partial charge in [0.2, 0.25) is 5.91 Å². The summed E-state index contributed by atoms with van der Waals surface area (Å²) in [5.74, 6) is 1.15. The zero-order valence-corrected chi connectivity index (χ0v) is 12.1. The van der Waals surface area contributed by atoms with Gasteiger partial charge in [-0.15, -0.1) is 0 Å². The van der Waals surface area contributed by atoms with E-state index in [1.807, 2.05) is 0 Å². The molecule has 1 saturated carbocycles. The largest absolute Gasteiger partial charge is 0.336 e. The topological polar surface area (TPSA) is 35.6 Å². The normalized spacial score (nSPS) is 32.2. The highest BCUT2D eigenvalue weighted by molar-refractivity contribution is 5.78. The number of piperazine rings is 1. The molecule has 1 N–H and O–H groups in total. The van der Waals surface area contributed by atoms with Crippen molar-refractivity contribution < 1.29 is 4.79 Å². The van der Waals surface area contributed by atoms with Crippen LogP contribution < -0.4 is 5.32 Å². The average molecular weight is 265 g/mol. The van der Waals surface area contributed by atoms with E-state index in [-0.39, 0.29) is 0 Å². The summed E-state index contributed by atoms with van der Waals surface area (Å²) >= 11 is 0. The first-order valence-electron chi connectivity index (χ1n) is 7.98. The van der Waals surface area contributed by atoms with Gasteiger partial charge in [-0.3, -0.25) is 9.69 Å². The lowest BCUT2D eigenvalue weighted by Gasteiger charge is -2.47. The number of fused-ring (bicyclic) bond motifs is 1. The van der Waals surface area contributed by atoms with E-state index >= 15 is 0 Å². The molecular formula is C15H27N3O. The van der Waals surface area contributed by atoms with Gasteiger partial charge in [0, 0.05) is 25.2 Å². The molecule has 3 rings (SSSR count). The van der Waals surface area contributed by atoms with Crippen molar-refractivity contribution in [2.45, 2.75) is 51.1 Å². The lowest BCUT2D eigenvalue weighted by molar-refractivity contribution is -0.137. The van der Waals surface area contributed by atoms with E-state index in [0.29, 0.717) is 24.5 Å². The number of rotatable bonds is 4. The van der Waals surface area contributed by atoms with Gasteiger partial charge in [-0.2, -0.15) is 0 Å². The number of carbonyl (C=O) groups excluding carboxylic acids is 1. The van der Waals surface area contributed by atoms with Crippen LogP contribution in [0.5, 0.6) is 0 Å². The molecule has 2 atom stereocenters. The standard InChI is InChI=1S/C15H27N3O/c1-12-10-17-7-3-2-4-14(17)11-18(12)15(19)9-16-8-13-5-6-13/h12-14,16H,2-11H2,1H3. The predicted octanol–water partition coefficient (Wildman–Crippen LogP) is 1.07. The first-order valence-corrected chi connectivity index (χ1v) is 7.98. The van der Waals surface area contributed by atoms with Gasteiger partial charge in [0.15, 0.2) is 0 Å². The summed E-state index contributed by atoms with van der Waals surface area (Å²) in [5.41, 5.74) is 0.